The van der Waals surface area contributed by atoms with Gasteiger partial charge < -0.3 is 4.74 Å². The Bertz CT molecular complexity index is 547. The summed E-state index contributed by atoms with van der Waals surface area (Å²) in [6.45, 7) is 0. The van der Waals surface area contributed by atoms with Crippen LogP contribution in [-0.4, -0.2) is 5.05 Å². The van der Waals surface area contributed by atoms with E-state index in [1.54, 1.807) is 6.08 Å². The number of ether oxygens (including phenoxy) is 1. The average molecular weight is 272 g/mol. The van der Waals surface area contributed by atoms with Crippen LogP contribution in [0.3, 0.4) is 0 Å². The van der Waals surface area contributed by atoms with Crippen LogP contribution < -0.4 is 4.74 Å². The molecule has 0 fully saturated rings. The molecule has 0 amide bonds. The maximum absolute atomic E-state index is 5.51. The normalized spacial score (nSPS) is 11.1. The predicted molar refractivity (Wildman–Crippen MR) is 83.1 cm³/mol. The third-order valence-corrected chi connectivity index (χ3v) is 2.87. The summed E-state index contributed by atoms with van der Waals surface area (Å²) < 4.78 is 5.51. The Labute approximate surface area is 118 Å². The Hall–Kier alpha value is -1.58. The first-order valence-corrected chi connectivity index (χ1v) is 6.34. The van der Waals surface area contributed by atoms with Crippen LogP contribution in [-0.2, 0) is 0 Å². The SMILES string of the molecule is S=C(/C=C(\S)c1ccccc1)Oc1ccccc1. The number of thiocarbonyl (C=S) groups is 1. The molecular formula is C15H12OS2. The summed E-state index contributed by atoms with van der Waals surface area (Å²) in [5, 5.41) is 0.398. The van der Waals surface area contributed by atoms with E-state index in [9.17, 15) is 0 Å². The highest BCUT2D eigenvalue weighted by molar-refractivity contribution is 7.90. The third kappa shape index (κ3) is 3.72. The van der Waals surface area contributed by atoms with Gasteiger partial charge in [0.05, 0.1) is 0 Å². The van der Waals surface area contributed by atoms with E-state index >= 15 is 0 Å². The van der Waals surface area contributed by atoms with Gasteiger partial charge in [-0.05, 0) is 29.9 Å². The molecule has 0 saturated carbocycles. The number of hydrogen-bond acceptors (Lipinski definition) is 3. The molecule has 0 atom stereocenters. The van der Waals surface area contributed by atoms with Gasteiger partial charge in [0.15, 0.2) is 5.05 Å². The van der Waals surface area contributed by atoms with Gasteiger partial charge in [-0.2, -0.15) is 0 Å². The molecular weight excluding hydrogens is 260 g/mol. The quantitative estimate of drug-likeness (QED) is 0.505. The molecule has 0 aromatic heterocycles. The van der Waals surface area contributed by atoms with Crippen molar-refractivity contribution in [3.63, 3.8) is 0 Å². The maximum atomic E-state index is 5.51. The van der Waals surface area contributed by atoms with Crippen LogP contribution >= 0.6 is 24.8 Å². The molecule has 0 N–H and O–H groups in total. The smallest absolute Gasteiger partial charge is 0.191 e. The molecule has 0 bridgehead atoms. The number of thiol groups is 1. The maximum Gasteiger partial charge on any atom is 0.191 e. The predicted octanol–water partition coefficient (Wildman–Crippen LogP) is 4.36. The summed E-state index contributed by atoms with van der Waals surface area (Å²) in [6, 6.07) is 19.3. The lowest BCUT2D eigenvalue weighted by Crippen LogP contribution is -2.01. The van der Waals surface area contributed by atoms with E-state index in [0.29, 0.717) is 5.05 Å². The molecule has 0 heterocycles. The number of para-hydroxylation sites is 1. The lowest BCUT2D eigenvalue weighted by molar-refractivity contribution is 0.569. The summed E-state index contributed by atoms with van der Waals surface area (Å²) >= 11 is 9.58. The highest BCUT2D eigenvalue weighted by Crippen LogP contribution is 2.18. The second-order valence-corrected chi connectivity index (χ2v) is 4.51. The lowest BCUT2D eigenvalue weighted by Gasteiger charge is -2.04. The van der Waals surface area contributed by atoms with Gasteiger partial charge in [-0.25, -0.2) is 0 Å². The van der Waals surface area contributed by atoms with Gasteiger partial charge >= 0.3 is 0 Å². The van der Waals surface area contributed by atoms with E-state index in [-0.39, 0.29) is 0 Å². The van der Waals surface area contributed by atoms with Gasteiger partial charge in [-0.15, -0.1) is 12.6 Å². The first kappa shape index (κ1) is 12.9. The molecule has 0 spiro atoms. The summed E-state index contributed by atoms with van der Waals surface area (Å²) in [5.41, 5.74) is 1.01. The van der Waals surface area contributed by atoms with Gasteiger partial charge in [-0.1, -0.05) is 48.5 Å². The fourth-order valence-corrected chi connectivity index (χ4v) is 2.01. The molecule has 2 rings (SSSR count). The van der Waals surface area contributed by atoms with Gasteiger partial charge in [0.1, 0.15) is 5.75 Å². The fourth-order valence-electron chi connectivity index (χ4n) is 1.44. The fraction of sp³-hybridized carbons (Fsp3) is 0. The van der Waals surface area contributed by atoms with Gasteiger partial charge in [0.25, 0.3) is 0 Å². The molecule has 0 aliphatic rings. The first-order chi connectivity index (χ1) is 8.75. The van der Waals surface area contributed by atoms with Crippen molar-refractivity contribution in [3.05, 3.63) is 72.3 Å². The summed E-state index contributed by atoms with van der Waals surface area (Å²) in [6.07, 6.45) is 1.74. The number of hydrogen-bond donors (Lipinski definition) is 1. The van der Waals surface area contributed by atoms with Gasteiger partial charge in [0, 0.05) is 11.0 Å². The van der Waals surface area contributed by atoms with Crippen molar-refractivity contribution < 1.29 is 4.74 Å². The average Bonchev–Trinajstić information content (AvgIpc) is 2.40. The van der Waals surface area contributed by atoms with E-state index in [2.05, 4.69) is 12.6 Å². The van der Waals surface area contributed by atoms with E-state index in [1.165, 1.54) is 0 Å². The van der Waals surface area contributed by atoms with Gasteiger partial charge in [-0.3, -0.25) is 0 Å². The van der Waals surface area contributed by atoms with Crippen LogP contribution in [0.5, 0.6) is 5.75 Å². The minimum atomic E-state index is 0.398. The van der Waals surface area contributed by atoms with Crippen molar-refractivity contribution in [1.82, 2.24) is 0 Å². The van der Waals surface area contributed by atoms with Crippen molar-refractivity contribution in [2.24, 2.45) is 0 Å². The minimum Gasteiger partial charge on any atom is -0.446 e. The van der Waals surface area contributed by atoms with Crippen LogP contribution in [0.1, 0.15) is 5.56 Å². The molecule has 0 saturated heterocycles. The van der Waals surface area contributed by atoms with Crippen molar-refractivity contribution >= 4 is 34.8 Å². The second kappa shape index (κ2) is 6.38. The molecule has 0 unspecified atom stereocenters. The molecule has 0 radical (unpaired) electrons. The molecule has 18 heavy (non-hydrogen) atoms. The molecule has 1 nitrogen and oxygen atoms in total. The number of rotatable bonds is 3. The Kier molecular flexibility index (Phi) is 4.56. The Morgan fingerprint density at radius 3 is 2.11 bits per heavy atom. The zero-order valence-corrected chi connectivity index (χ0v) is 11.3. The third-order valence-electron chi connectivity index (χ3n) is 2.29. The van der Waals surface area contributed by atoms with Crippen LogP contribution in [0.4, 0.5) is 0 Å². The Balaban J connectivity index is 2.07. The molecule has 0 aliphatic carbocycles. The zero-order valence-electron chi connectivity index (χ0n) is 9.61. The Morgan fingerprint density at radius 1 is 0.944 bits per heavy atom. The Morgan fingerprint density at radius 2 is 1.50 bits per heavy atom. The summed E-state index contributed by atoms with van der Waals surface area (Å²) in [7, 11) is 0. The van der Waals surface area contributed by atoms with Crippen LogP contribution in [0.25, 0.3) is 4.91 Å². The highest BCUT2D eigenvalue weighted by atomic mass is 32.1. The van der Waals surface area contributed by atoms with E-state index in [0.717, 1.165) is 16.2 Å². The van der Waals surface area contributed by atoms with E-state index in [1.807, 2.05) is 60.7 Å². The molecule has 0 aliphatic heterocycles. The summed E-state index contributed by atoms with van der Waals surface area (Å²) in [5.74, 6) is 0.730. The molecule has 2 aromatic carbocycles. The molecule has 3 heteroatoms. The van der Waals surface area contributed by atoms with Crippen molar-refractivity contribution in [2.75, 3.05) is 0 Å². The van der Waals surface area contributed by atoms with Crippen molar-refractivity contribution in [3.8, 4) is 5.75 Å². The molecule has 90 valence electrons. The topological polar surface area (TPSA) is 9.23 Å². The van der Waals surface area contributed by atoms with E-state index < -0.39 is 0 Å². The van der Waals surface area contributed by atoms with Crippen LogP contribution in [0, 0.1) is 0 Å². The number of benzene rings is 2. The van der Waals surface area contributed by atoms with Gasteiger partial charge in [0.2, 0.25) is 0 Å². The lowest BCUT2D eigenvalue weighted by atomic mass is 10.2. The standard InChI is InChI=1S/C15H12OS2/c17-14(12-7-3-1-4-8-12)11-15(18)16-13-9-5-2-6-10-13/h1-11,17H/b14-11-. The second-order valence-electron chi connectivity index (χ2n) is 3.63. The first-order valence-electron chi connectivity index (χ1n) is 5.48. The van der Waals surface area contributed by atoms with E-state index in [4.69, 9.17) is 17.0 Å². The summed E-state index contributed by atoms with van der Waals surface area (Å²) in [4.78, 5) is 0.788. The highest BCUT2D eigenvalue weighted by Gasteiger charge is 2.00. The van der Waals surface area contributed by atoms with Crippen molar-refractivity contribution in [1.29, 1.82) is 0 Å². The largest absolute Gasteiger partial charge is 0.446 e. The minimum absolute atomic E-state index is 0.398. The van der Waals surface area contributed by atoms with Crippen LogP contribution in [0.2, 0.25) is 0 Å². The monoisotopic (exact) mass is 272 g/mol. The van der Waals surface area contributed by atoms with Crippen LogP contribution in [0.15, 0.2) is 66.7 Å². The van der Waals surface area contributed by atoms with Crippen molar-refractivity contribution in [2.45, 2.75) is 0 Å². The zero-order chi connectivity index (χ0) is 12.8. The molecule has 2 aromatic rings.